The van der Waals surface area contributed by atoms with Gasteiger partial charge in [-0.1, -0.05) is 23.7 Å². The zero-order chi connectivity index (χ0) is 21.3. The fourth-order valence-electron chi connectivity index (χ4n) is 3.49. The van der Waals surface area contributed by atoms with Crippen LogP contribution in [0.5, 0.6) is 0 Å². The van der Waals surface area contributed by atoms with Gasteiger partial charge in [-0.2, -0.15) is 0 Å². The first-order valence-corrected chi connectivity index (χ1v) is 10.3. The quantitative estimate of drug-likeness (QED) is 0.580. The highest BCUT2D eigenvalue weighted by atomic mass is 35.5. The molecule has 1 aliphatic rings. The number of hydrogen-bond acceptors (Lipinski definition) is 3. The summed E-state index contributed by atoms with van der Waals surface area (Å²) in [5.74, 6) is -0.281. The van der Waals surface area contributed by atoms with Crippen molar-refractivity contribution in [2.75, 3.05) is 11.4 Å². The maximum absolute atomic E-state index is 13.7. The lowest BCUT2D eigenvalue weighted by Crippen LogP contribution is -2.39. The number of hydrogen-bond donors (Lipinski definition) is 0. The Labute approximate surface area is 177 Å². The van der Waals surface area contributed by atoms with E-state index in [0.29, 0.717) is 22.2 Å². The third-order valence-corrected chi connectivity index (χ3v) is 5.05. The van der Waals surface area contributed by atoms with E-state index in [1.807, 2.05) is 71.0 Å². The summed E-state index contributed by atoms with van der Waals surface area (Å²) in [7, 11) is 0. The van der Waals surface area contributed by atoms with Crippen molar-refractivity contribution in [1.82, 2.24) is 0 Å². The number of esters is 1. The number of ether oxygens (including phenoxy) is 1. The second-order valence-corrected chi connectivity index (χ2v) is 9.21. The van der Waals surface area contributed by atoms with E-state index in [1.54, 1.807) is 0 Å². The third kappa shape index (κ3) is 5.39. The molecule has 1 fully saturated rings. The minimum atomic E-state index is -0.617. The summed E-state index contributed by atoms with van der Waals surface area (Å²) in [6.07, 6.45) is 2.10. The van der Waals surface area contributed by atoms with E-state index in [2.05, 4.69) is 0 Å². The van der Waals surface area contributed by atoms with E-state index >= 15 is 0 Å². The monoisotopic (exact) mass is 413 g/mol. The molecule has 0 bridgehead atoms. The molecule has 4 nitrogen and oxygen atoms in total. The Morgan fingerprint density at radius 2 is 1.83 bits per heavy atom. The van der Waals surface area contributed by atoms with Gasteiger partial charge in [0.1, 0.15) is 12.1 Å². The Morgan fingerprint density at radius 1 is 1.14 bits per heavy atom. The lowest BCUT2D eigenvalue weighted by Gasteiger charge is -2.27. The maximum atomic E-state index is 13.7. The summed E-state index contributed by atoms with van der Waals surface area (Å²) in [4.78, 5) is 27.8. The van der Waals surface area contributed by atoms with Gasteiger partial charge in [-0.25, -0.2) is 0 Å². The molecule has 2 aromatic rings. The van der Waals surface area contributed by atoms with Gasteiger partial charge in [-0.3, -0.25) is 14.5 Å². The molecule has 2 aromatic carbocycles. The van der Waals surface area contributed by atoms with Gasteiger partial charge in [0.15, 0.2) is 0 Å². The highest BCUT2D eigenvalue weighted by Gasteiger charge is 2.33. The molecule has 0 unspecified atom stereocenters. The van der Waals surface area contributed by atoms with Crippen LogP contribution in [0.4, 0.5) is 5.69 Å². The summed E-state index contributed by atoms with van der Waals surface area (Å²) in [6.45, 7) is 9.16. The third-order valence-electron chi connectivity index (χ3n) is 4.83. The average molecular weight is 414 g/mol. The fraction of sp³-hybridized carbons (Fsp3) is 0.417. The number of aryl methyl sites for hydroxylation is 2. The van der Waals surface area contributed by atoms with Crippen molar-refractivity contribution in [2.24, 2.45) is 0 Å². The topological polar surface area (TPSA) is 46.6 Å². The van der Waals surface area contributed by atoms with E-state index in [4.69, 9.17) is 16.3 Å². The minimum absolute atomic E-state index is 0.147. The number of amides is 1. The average Bonchev–Trinajstić information content (AvgIpc) is 3.42. The Kier molecular flexibility index (Phi) is 6.04. The molecular weight excluding hydrogens is 386 g/mol. The minimum Gasteiger partial charge on any atom is -0.459 e. The highest BCUT2D eigenvalue weighted by molar-refractivity contribution is 6.31. The number of rotatable bonds is 5. The van der Waals surface area contributed by atoms with Crippen molar-refractivity contribution in [2.45, 2.75) is 59.0 Å². The first kappa shape index (κ1) is 21.4. The second-order valence-electron chi connectivity index (χ2n) is 8.78. The van der Waals surface area contributed by atoms with Crippen LogP contribution in [0.2, 0.25) is 5.02 Å². The largest absolute Gasteiger partial charge is 0.459 e. The van der Waals surface area contributed by atoms with Crippen LogP contribution >= 0.6 is 11.6 Å². The van der Waals surface area contributed by atoms with Gasteiger partial charge in [0.2, 0.25) is 0 Å². The van der Waals surface area contributed by atoms with Crippen LogP contribution in [0.25, 0.3) is 0 Å². The number of carbonyl (C=O) groups is 2. The number of halogens is 1. The van der Waals surface area contributed by atoms with Crippen molar-refractivity contribution in [1.29, 1.82) is 0 Å². The normalized spacial score (nSPS) is 13.9. The standard InChI is InChI=1S/C24H28ClNO3/c1-15-7-6-8-19(11-15)26(14-21(27)29-24(3,4)5)23(28)22-16(2)12-18(25)13-20(22)17-9-10-17/h6-8,11-13,17H,9-10,14H2,1-5H3. The molecule has 0 saturated heterocycles. The van der Waals surface area contributed by atoms with Crippen LogP contribution in [0.3, 0.4) is 0 Å². The molecule has 5 heteroatoms. The van der Waals surface area contributed by atoms with E-state index in [0.717, 1.165) is 29.5 Å². The summed E-state index contributed by atoms with van der Waals surface area (Å²) in [5, 5.41) is 0.634. The predicted molar refractivity (Wildman–Crippen MR) is 117 cm³/mol. The van der Waals surface area contributed by atoms with E-state index in [1.165, 1.54) is 4.90 Å². The number of nitrogens with zero attached hydrogens (tertiary/aromatic N) is 1. The van der Waals surface area contributed by atoms with Crippen molar-refractivity contribution in [3.63, 3.8) is 0 Å². The molecule has 0 aromatic heterocycles. The lowest BCUT2D eigenvalue weighted by molar-refractivity contribution is -0.152. The van der Waals surface area contributed by atoms with Gasteiger partial charge < -0.3 is 4.74 Å². The summed E-state index contributed by atoms with van der Waals surface area (Å²) < 4.78 is 5.49. The van der Waals surface area contributed by atoms with Gasteiger partial charge >= 0.3 is 5.97 Å². The first-order valence-electron chi connectivity index (χ1n) is 9.95. The molecular formula is C24H28ClNO3. The van der Waals surface area contributed by atoms with Gasteiger partial charge in [-0.05, 0) is 94.3 Å². The van der Waals surface area contributed by atoms with Gasteiger partial charge in [0.25, 0.3) is 5.91 Å². The zero-order valence-electron chi connectivity index (χ0n) is 17.7. The maximum Gasteiger partial charge on any atom is 0.326 e. The summed E-state index contributed by atoms with van der Waals surface area (Å²) in [5.41, 5.74) is 3.51. The van der Waals surface area contributed by atoms with Crippen molar-refractivity contribution in [3.05, 3.63) is 63.7 Å². The molecule has 0 N–H and O–H groups in total. The molecule has 1 amide bonds. The highest BCUT2D eigenvalue weighted by Crippen LogP contribution is 2.44. The molecule has 154 valence electrons. The van der Waals surface area contributed by atoms with E-state index in [9.17, 15) is 9.59 Å². The number of benzene rings is 2. The Balaban J connectivity index is 2.02. The molecule has 0 aliphatic heterocycles. The Hall–Kier alpha value is -2.33. The van der Waals surface area contributed by atoms with Crippen molar-refractivity contribution in [3.8, 4) is 0 Å². The lowest BCUT2D eigenvalue weighted by atomic mass is 9.97. The van der Waals surface area contributed by atoms with Crippen LogP contribution in [0.1, 0.15) is 66.6 Å². The molecule has 1 aliphatic carbocycles. The molecule has 0 heterocycles. The fourth-order valence-corrected chi connectivity index (χ4v) is 3.77. The first-order chi connectivity index (χ1) is 13.5. The predicted octanol–water partition coefficient (Wildman–Crippen LogP) is 5.82. The number of carbonyl (C=O) groups excluding carboxylic acids is 2. The van der Waals surface area contributed by atoms with Crippen LogP contribution in [0, 0.1) is 13.8 Å². The Morgan fingerprint density at radius 3 is 2.41 bits per heavy atom. The number of anilines is 1. The molecule has 29 heavy (non-hydrogen) atoms. The molecule has 0 atom stereocenters. The summed E-state index contributed by atoms with van der Waals surface area (Å²) in [6, 6.07) is 11.3. The van der Waals surface area contributed by atoms with Crippen molar-refractivity contribution < 1.29 is 14.3 Å². The molecule has 1 saturated carbocycles. The summed E-state index contributed by atoms with van der Waals surface area (Å²) >= 11 is 6.27. The van der Waals surface area contributed by atoms with Crippen molar-refractivity contribution >= 4 is 29.2 Å². The van der Waals surface area contributed by atoms with Crippen LogP contribution in [0.15, 0.2) is 36.4 Å². The molecule has 0 radical (unpaired) electrons. The van der Waals surface area contributed by atoms with E-state index < -0.39 is 11.6 Å². The SMILES string of the molecule is Cc1cccc(N(CC(=O)OC(C)(C)C)C(=O)c2c(C)cc(Cl)cc2C2CC2)c1. The second kappa shape index (κ2) is 8.19. The molecule has 3 rings (SSSR count). The Bertz CT molecular complexity index is 942. The van der Waals surface area contributed by atoms with Crippen LogP contribution < -0.4 is 4.90 Å². The smallest absolute Gasteiger partial charge is 0.326 e. The van der Waals surface area contributed by atoms with Gasteiger partial charge in [-0.15, -0.1) is 0 Å². The van der Waals surface area contributed by atoms with Crippen LogP contribution in [-0.4, -0.2) is 24.0 Å². The van der Waals surface area contributed by atoms with E-state index in [-0.39, 0.29) is 12.5 Å². The molecule has 0 spiro atoms. The van der Waals surface area contributed by atoms with Crippen LogP contribution in [-0.2, 0) is 9.53 Å². The van der Waals surface area contributed by atoms with Gasteiger partial charge in [0, 0.05) is 16.3 Å². The zero-order valence-corrected chi connectivity index (χ0v) is 18.5. The van der Waals surface area contributed by atoms with Gasteiger partial charge in [0.05, 0.1) is 0 Å².